The Bertz CT molecular complexity index is 409. The molecule has 0 aromatic heterocycles. The van der Waals surface area contributed by atoms with Gasteiger partial charge in [0, 0.05) is 30.7 Å². The zero-order valence-corrected chi connectivity index (χ0v) is 12.2. The molecule has 1 aromatic carbocycles. The van der Waals surface area contributed by atoms with Gasteiger partial charge in [-0.05, 0) is 52.0 Å². The fraction of sp³-hybridized carbons (Fsp3) is 0.533. The van der Waals surface area contributed by atoms with Gasteiger partial charge in [0.15, 0.2) is 0 Å². The fourth-order valence-corrected chi connectivity index (χ4v) is 1.80. The largest absolute Gasteiger partial charge is 0.313 e. The van der Waals surface area contributed by atoms with E-state index in [1.807, 2.05) is 6.92 Å². The monoisotopic (exact) mass is 266 g/mol. The van der Waals surface area contributed by atoms with Crippen LogP contribution in [0.2, 0.25) is 0 Å². The number of carbonyl (C=O) groups is 1. The summed E-state index contributed by atoms with van der Waals surface area (Å²) in [6, 6.07) is 6.01. The Morgan fingerprint density at radius 3 is 2.32 bits per heavy atom. The van der Waals surface area contributed by atoms with E-state index < -0.39 is 0 Å². The number of halogens is 1. The number of anilines is 1. The summed E-state index contributed by atoms with van der Waals surface area (Å²) in [4.78, 5) is 13.8. The standard InChI is InChI=1S/C15H23FN2O/c1-5-18(13-8-6-12(16)7-9-13)14(19)10-11-17-15(2,3)4/h6-9,17H,5,10-11H2,1-4H3. The van der Waals surface area contributed by atoms with Crippen LogP contribution in [0.5, 0.6) is 0 Å². The zero-order chi connectivity index (χ0) is 14.5. The van der Waals surface area contributed by atoms with E-state index in [0.717, 1.165) is 5.69 Å². The Hall–Kier alpha value is -1.42. The van der Waals surface area contributed by atoms with Crippen molar-refractivity contribution >= 4 is 11.6 Å². The van der Waals surface area contributed by atoms with Crippen molar-refractivity contribution in [1.29, 1.82) is 0 Å². The molecule has 0 aliphatic carbocycles. The molecule has 0 aliphatic heterocycles. The maximum atomic E-state index is 12.9. The summed E-state index contributed by atoms with van der Waals surface area (Å²) in [6.45, 7) is 9.33. The quantitative estimate of drug-likeness (QED) is 0.888. The molecule has 1 amide bonds. The van der Waals surface area contributed by atoms with Crippen molar-refractivity contribution in [2.24, 2.45) is 0 Å². The maximum Gasteiger partial charge on any atom is 0.228 e. The van der Waals surface area contributed by atoms with Gasteiger partial charge in [0.05, 0.1) is 0 Å². The molecular weight excluding hydrogens is 243 g/mol. The van der Waals surface area contributed by atoms with Gasteiger partial charge in [0.2, 0.25) is 5.91 Å². The van der Waals surface area contributed by atoms with E-state index in [-0.39, 0.29) is 17.3 Å². The minimum Gasteiger partial charge on any atom is -0.313 e. The summed E-state index contributed by atoms with van der Waals surface area (Å²) in [6.07, 6.45) is 0.433. The SMILES string of the molecule is CCN(C(=O)CCNC(C)(C)C)c1ccc(F)cc1. The lowest BCUT2D eigenvalue weighted by atomic mass is 10.1. The number of benzene rings is 1. The molecule has 106 valence electrons. The fourth-order valence-electron chi connectivity index (χ4n) is 1.80. The van der Waals surface area contributed by atoms with Gasteiger partial charge in [0.25, 0.3) is 0 Å². The summed E-state index contributed by atoms with van der Waals surface area (Å²) < 4.78 is 12.9. The second kappa shape index (κ2) is 6.66. The minimum atomic E-state index is -0.290. The summed E-state index contributed by atoms with van der Waals surface area (Å²) in [7, 11) is 0. The number of hydrogen-bond acceptors (Lipinski definition) is 2. The summed E-state index contributed by atoms with van der Waals surface area (Å²) in [5.74, 6) is -0.243. The molecule has 19 heavy (non-hydrogen) atoms. The van der Waals surface area contributed by atoms with Crippen LogP contribution in [0.25, 0.3) is 0 Å². The molecule has 3 nitrogen and oxygen atoms in total. The number of carbonyl (C=O) groups excluding carboxylic acids is 1. The highest BCUT2D eigenvalue weighted by Crippen LogP contribution is 2.15. The van der Waals surface area contributed by atoms with Crippen LogP contribution in [0.15, 0.2) is 24.3 Å². The van der Waals surface area contributed by atoms with Crippen molar-refractivity contribution < 1.29 is 9.18 Å². The normalized spacial score (nSPS) is 11.4. The van der Waals surface area contributed by atoms with Crippen LogP contribution in [0.1, 0.15) is 34.1 Å². The lowest BCUT2D eigenvalue weighted by molar-refractivity contribution is -0.118. The number of rotatable bonds is 5. The smallest absolute Gasteiger partial charge is 0.228 e. The first-order valence-electron chi connectivity index (χ1n) is 6.64. The molecule has 0 unspecified atom stereocenters. The van der Waals surface area contributed by atoms with Crippen molar-refractivity contribution in [3.63, 3.8) is 0 Å². The molecule has 1 rings (SSSR count). The Balaban J connectivity index is 2.59. The summed E-state index contributed by atoms with van der Waals surface area (Å²) >= 11 is 0. The van der Waals surface area contributed by atoms with Gasteiger partial charge in [-0.25, -0.2) is 4.39 Å². The molecule has 0 saturated heterocycles. The van der Waals surface area contributed by atoms with E-state index in [9.17, 15) is 9.18 Å². The minimum absolute atomic E-state index is 0.00714. The van der Waals surface area contributed by atoms with Gasteiger partial charge in [-0.1, -0.05) is 0 Å². The summed E-state index contributed by atoms with van der Waals surface area (Å²) in [5, 5.41) is 3.28. The molecule has 0 aliphatic rings. The van der Waals surface area contributed by atoms with Gasteiger partial charge in [-0.2, -0.15) is 0 Å². The lowest BCUT2D eigenvalue weighted by Gasteiger charge is -2.24. The number of amides is 1. The van der Waals surface area contributed by atoms with Gasteiger partial charge < -0.3 is 10.2 Å². The Morgan fingerprint density at radius 1 is 1.26 bits per heavy atom. The molecule has 0 bridgehead atoms. The first-order chi connectivity index (χ1) is 8.83. The maximum absolute atomic E-state index is 12.9. The number of hydrogen-bond donors (Lipinski definition) is 1. The van der Waals surface area contributed by atoms with E-state index in [2.05, 4.69) is 26.1 Å². The predicted molar refractivity (Wildman–Crippen MR) is 76.8 cm³/mol. The van der Waals surface area contributed by atoms with E-state index in [4.69, 9.17) is 0 Å². The van der Waals surface area contributed by atoms with Crippen LogP contribution in [-0.4, -0.2) is 24.5 Å². The molecule has 0 atom stereocenters. The van der Waals surface area contributed by atoms with E-state index in [1.165, 1.54) is 12.1 Å². The van der Waals surface area contributed by atoms with Crippen molar-refractivity contribution in [2.45, 2.75) is 39.7 Å². The van der Waals surface area contributed by atoms with Crippen LogP contribution >= 0.6 is 0 Å². The van der Waals surface area contributed by atoms with E-state index in [0.29, 0.717) is 19.5 Å². The first kappa shape index (κ1) is 15.6. The van der Waals surface area contributed by atoms with Crippen molar-refractivity contribution in [1.82, 2.24) is 5.32 Å². The number of nitrogens with zero attached hydrogens (tertiary/aromatic N) is 1. The van der Waals surface area contributed by atoms with Crippen molar-refractivity contribution in [2.75, 3.05) is 18.0 Å². The molecule has 1 N–H and O–H groups in total. The third-order valence-corrected chi connectivity index (χ3v) is 2.75. The van der Waals surface area contributed by atoms with Gasteiger partial charge in [0.1, 0.15) is 5.82 Å². The lowest BCUT2D eigenvalue weighted by Crippen LogP contribution is -2.39. The Kier molecular flexibility index (Phi) is 5.48. The molecule has 1 aromatic rings. The second-order valence-electron chi connectivity index (χ2n) is 5.54. The average Bonchev–Trinajstić information content (AvgIpc) is 2.31. The summed E-state index contributed by atoms with van der Waals surface area (Å²) in [5.41, 5.74) is 0.748. The van der Waals surface area contributed by atoms with Gasteiger partial charge in [-0.3, -0.25) is 4.79 Å². The Morgan fingerprint density at radius 2 is 1.84 bits per heavy atom. The molecule has 0 fully saturated rings. The third kappa shape index (κ3) is 5.39. The van der Waals surface area contributed by atoms with Crippen LogP contribution in [0.3, 0.4) is 0 Å². The predicted octanol–water partition coefficient (Wildman–Crippen LogP) is 2.96. The highest BCUT2D eigenvalue weighted by Gasteiger charge is 2.15. The van der Waals surface area contributed by atoms with Crippen LogP contribution in [-0.2, 0) is 4.79 Å². The van der Waals surface area contributed by atoms with E-state index >= 15 is 0 Å². The topological polar surface area (TPSA) is 32.3 Å². The van der Waals surface area contributed by atoms with Crippen LogP contribution in [0, 0.1) is 5.82 Å². The van der Waals surface area contributed by atoms with Gasteiger partial charge >= 0.3 is 0 Å². The molecule has 4 heteroatoms. The zero-order valence-electron chi connectivity index (χ0n) is 12.2. The van der Waals surface area contributed by atoms with Crippen LogP contribution < -0.4 is 10.2 Å². The van der Waals surface area contributed by atoms with Crippen molar-refractivity contribution in [3.8, 4) is 0 Å². The number of nitrogens with one attached hydrogen (secondary N) is 1. The average molecular weight is 266 g/mol. The second-order valence-corrected chi connectivity index (χ2v) is 5.54. The van der Waals surface area contributed by atoms with E-state index in [1.54, 1.807) is 17.0 Å². The molecule has 0 radical (unpaired) electrons. The molecule has 0 spiro atoms. The molecule has 0 heterocycles. The molecule has 0 saturated carbocycles. The van der Waals surface area contributed by atoms with Crippen molar-refractivity contribution in [3.05, 3.63) is 30.1 Å². The Labute approximate surface area is 114 Å². The van der Waals surface area contributed by atoms with Gasteiger partial charge in [-0.15, -0.1) is 0 Å². The highest BCUT2D eigenvalue weighted by atomic mass is 19.1. The highest BCUT2D eigenvalue weighted by molar-refractivity contribution is 5.93. The third-order valence-electron chi connectivity index (χ3n) is 2.75. The first-order valence-corrected chi connectivity index (χ1v) is 6.64. The van der Waals surface area contributed by atoms with Crippen LogP contribution in [0.4, 0.5) is 10.1 Å². The molecular formula is C15H23FN2O.